The minimum absolute atomic E-state index is 0.0446. The molecule has 0 aromatic heterocycles. The van der Waals surface area contributed by atoms with Crippen molar-refractivity contribution in [2.24, 2.45) is 17.6 Å². The van der Waals surface area contributed by atoms with E-state index in [2.05, 4.69) is 37.2 Å². The van der Waals surface area contributed by atoms with Gasteiger partial charge < -0.3 is 47.9 Å². The lowest BCUT2D eigenvalue weighted by Gasteiger charge is -2.31. The number of rotatable bonds is 23. The van der Waals surface area contributed by atoms with E-state index in [1.54, 1.807) is 66.7 Å². The van der Waals surface area contributed by atoms with E-state index in [9.17, 15) is 43.2 Å². The fourth-order valence-corrected chi connectivity index (χ4v) is 8.41. The quantitative estimate of drug-likeness (QED) is 0.0500. The second-order valence-electron chi connectivity index (χ2n) is 18.6. The van der Waals surface area contributed by atoms with Crippen molar-refractivity contribution in [1.29, 1.82) is 0 Å². The van der Waals surface area contributed by atoms with Gasteiger partial charge in [0.2, 0.25) is 41.4 Å². The highest BCUT2D eigenvalue weighted by atomic mass is 16.2. The Labute approximate surface area is 403 Å². The number of carbonyl (C=O) groups excluding carboxylic acids is 9. The number of anilines is 1. The summed E-state index contributed by atoms with van der Waals surface area (Å²) in [5.74, 6) is -4.43. The minimum atomic E-state index is -1.18. The first-order valence-electron chi connectivity index (χ1n) is 23.8. The third-order valence-electron chi connectivity index (χ3n) is 11.9. The fraction of sp³-hybridized carbons (Fsp3) is 0.471. The zero-order chi connectivity index (χ0) is 50.4. The van der Waals surface area contributed by atoms with Crippen molar-refractivity contribution >= 4 is 58.6 Å². The molecule has 3 aromatic rings. The van der Waals surface area contributed by atoms with E-state index in [0.29, 0.717) is 60.3 Å². The molecule has 18 nitrogen and oxygen atoms in total. The average Bonchev–Trinajstić information content (AvgIpc) is 3.82. The monoisotopic (exact) mass is 950 g/mol. The number of hydrogen-bond acceptors (Lipinski definition) is 11. The Morgan fingerprint density at radius 2 is 1.25 bits per heavy atom. The normalized spacial score (nSPS) is 16.2. The van der Waals surface area contributed by atoms with Crippen LogP contribution in [0.5, 0.6) is 0 Å². The third-order valence-corrected chi connectivity index (χ3v) is 11.9. The molecule has 1 aliphatic carbocycles. The van der Waals surface area contributed by atoms with Gasteiger partial charge in [0, 0.05) is 48.4 Å². The zero-order valence-corrected chi connectivity index (χ0v) is 40.3. The van der Waals surface area contributed by atoms with E-state index in [1.807, 2.05) is 33.8 Å². The molecule has 7 amide bonds. The summed E-state index contributed by atoms with van der Waals surface area (Å²) in [5.41, 5.74) is 8.21. The topological polar surface area (TPSA) is 267 Å². The lowest BCUT2D eigenvalue weighted by Crippen LogP contribution is -2.59. The standard InChI is InChI=1S/C51H67N9O9/c1-29(2)25-38(57-42(61)28-55-47(65)32(6)56-46(64)31(5)52)48(66)58-39(27-33-15-8-7-9-16-33)49(67)59-40(26-30(3)4)51(69)60-24-13-21-41(60)50(68)54-23-14-22-53-37-20-12-19-36-43(37)45(63)35-18-11-10-17-34(35)44(36)62/h7-12,15-20,29-32,38-41,53H,13-14,21-28,52H2,1-6H3,(H,54,68)(H,55,65)(H,56,64)(H,57,61)(H,58,66)(H,59,67)/t31-,32-,38-,39-,40-,41-/m0/s1. The molecule has 1 saturated heterocycles. The Balaban J connectivity index is 1.20. The van der Waals surface area contributed by atoms with Gasteiger partial charge in [-0.2, -0.15) is 0 Å². The van der Waals surface area contributed by atoms with E-state index in [4.69, 9.17) is 5.73 Å². The van der Waals surface area contributed by atoms with Gasteiger partial charge in [-0.1, -0.05) is 94.4 Å². The summed E-state index contributed by atoms with van der Waals surface area (Å²) in [6.07, 6.45) is 1.98. The Morgan fingerprint density at radius 3 is 1.91 bits per heavy atom. The number of benzene rings is 3. The molecule has 0 spiro atoms. The summed E-state index contributed by atoms with van der Waals surface area (Å²) >= 11 is 0. The molecular weight excluding hydrogens is 883 g/mol. The van der Waals surface area contributed by atoms with Crippen molar-refractivity contribution < 1.29 is 43.2 Å². The maximum Gasteiger partial charge on any atom is 0.245 e. The molecule has 5 rings (SSSR count). The maximum atomic E-state index is 14.4. The van der Waals surface area contributed by atoms with Crippen LogP contribution >= 0.6 is 0 Å². The predicted octanol–water partition coefficient (Wildman–Crippen LogP) is 2.13. The van der Waals surface area contributed by atoms with Crippen molar-refractivity contribution in [3.8, 4) is 0 Å². The lowest BCUT2D eigenvalue weighted by molar-refractivity contribution is -0.142. The Kier molecular flexibility index (Phi) is 19.1. The van der Waals surface area contributed by atoms with E-state index in [1.165, 1.54) is 18.7 Å². The summed E-state index contributed by atoms with van der Waals surface area (Å²) in [6, 6.07) is 15.0. The summed E-state index contributed by atoms with van der Waals surface area (Å²) in [4.78, 5) is 122. The summed E-state index contributed by atoms with van der Waals surface area (Å²) in [5, 5.41) is 19.5. The molecule has 1 aliphatic heterocycles. The van der Waals surface area contributed by atoms with Crippen LogP contribution in [0.2, 0.25) is 0 Å². The van der Waals surface area contributed by atoms with Gasteiger partial charge in [-0.05, 0) is 69.4 Å². The van der Waals surface area contributed by atoms with E-state index < -0.39 is 78.2 Å². The van der Waals surface area contributed by atoms with Crippen LogP contribution < -0.4 is 43.0 Å². The van der Waals surface area contributed by atoms with Crippen molar-refractivity contribution in [3.05, 3.63) is 101 Å². The van der Waals surface area contributed by atoms with Gasteiger partial charge in [-0.3, -0.25) is 43.2 Å². The maximum absolute atomic E-state index is 14.4. The van der Waals surface area contributed by atoms with E-state index in [0.717, 1.165) is 5.56 Å². The number of nitrogens with zero attached hydrogens (tertiary/aromatic N) is 1. The van der Waals surface area contributed by atoms with Crippen molar-refractivity contribution in [3.63, 3.8) is 0 Å². The molecule has 18 heteroatoms. The molecule has 1 fully saturated rings. The average molecular weight is 950 g/mol. The van der Waals surface area contributed by atoms with Gasteiger partial charge in [0.05, 0.1) is 18.2 Å². The molecule has 0 saturated carbocycles. The van der Waals surface area contributed by atoms with E-state index >= 15 is 0 Å². The number of carbonyl (C=O) groups is 9. The van der Waals surface area contributed by atoms with Gasteiger partial charge in [0.25, 0.3) is 0 Å². The molecule has 3 aromatic carbocycles. The number of nitrogens with one attached hydrogen (secondary N) is 7. The number of likely N-dealkylation sites (tertiary alicyclic amines) is 1. The molecule has 9 N–H and O–H groups in total. The fourth-order valence-electron chi connectivity index (χ4n) is 8.41. The van der Waals surface area contributed by atoms with Crippen LogP contribution in [-0.2, 0) is 40.0 Å². The molecule has 69 heavy (non-hydrogen) atoms. The highest BCUT2D eigenvalue weighted by Crippen LogP contribution is 2.32. The first-order valence-corrected chi connectivity index (χ1v) is 23.8. The summed E-state index contributed by atoms with van der Waals surface area (Å²) < 4.78 is 0. The van der Waals surface area contributed by atoms with Crippen molar-refractivity contribution in [2.75, 3.05) is 31.5 Å². The van der Waals surface area contributed by atoms with Gasteiger partial charge in [-0.25, -0.2) is 0 Å². The molecule has 0 radical (unpaired) electrons. The van der Waals surface area contributed by atoms with Crippen LogP contribution in [0.15, 0.2) is 72.8 Å². The van der Waals surface area contributed by atoms with Gasteiger partial charge >= 0.3 is 0 Å². The summed E-state index contributed by atoms with van der Waals surface area (Å²) in [6.45, 7) is 10.9. The molecular formula is C51H67N9O9. The van der Waals surface area contributed by atoms with Crippen LogP contribution in [0.3, 0.4) is 0 Å². The van der Waals surface area contributed by atoms with Crippen LogP contribution in [0, 0.1) is 11.8 Å². The number of amides is 7. The lowest BCUT2D eigenvalue weighted by atomic mass is 9.83. The van der Waals surface area contributed by atoms with Crippen molar-refractivity contribution in [1.82, 2.24) is 36.8 Å². The minimum Gasteiger partial charge on any atom is -0.384 e. The summed E-state index contributed by atoms with van der Waals surface area (Å²) in [7, 11) is 0. The first kappa shape index (κ1) is 53.0. The smallest absolute Gasteiger partial charge is 0.245 e. The zero-order valence-electron chi connectivity index (χ0n) is 40.3. The molecule has 0 unspecified atom stereocenters. The highest BCUT2D eigenvalue weighted by Gasteiger charge is 2.39. The van der Waals surface area contributed by atoms with Crippen LogP contribution in [0.1, 0.15) is 111 Å². The van der Waals surface area contributed by atoms with Gasteiger partial charge in [0.15, 0.2) is 11.6 Å². The number of nitrogens with two attached hydrogens (primary N) is 1. The molecule has 370 valence electrons. The van der Waals surface area contributed by atoms with Crippen LogP contribution in [-0.4, -0.2) is 120 Å². The third kappa shape index (κ3) is 14.5. The second kappa shape index (κ2) is 24.9. The van der Waals surface area contributed by atoms with Gasteiger partial charge in [0.1, 0.15) is 30.2 Å². The van der Waals surface area contributed by atoms with Gasteiger partial charge in [-0.15, -0.1) is 0 Å². The molecule has 2 aliphatic rings. The number of fused-ring (bicyclic) bond motifs is 2. The number of ketones is 2. The largest absolute Gasteiger partial charge is 0.384 e. The van der Waals surface area contributed by atoms with Crippen LogP contribution in [0.25, 0.3) is 0 Å². The SMILES string of the molecule is CC(C)C[C@H](NC(=O)CNC(=O)[C@H](C)NC(=O)[C@H](C)N)C(=O)N[C@@H](Cc1ccccc1)C(=O)N[C@@H](CC(C)C)C(=O)N1CCC[C@H]1C(=O)NCCCNc1cccc2c1C(=O)c1ccccc1C2=O. The van der Waals surface area contributed by atoms with Crippen LogP contribution in [0.4, 0.5) is 5.69 Å². The Morgan fingerprint density at radius 1 is 0.638 bits per heavy atom. The Bertz CT molecular complexity index is 2370. The predicted molar refractivity (Wildman–Crippen MR) is 260 cm³/mol. The molecule has 1 heterocycles. The Hall–Kier alpha value is -6.95. The second-order valence-corrected chi connectivity index (χ2v) is 18.6. The molecule has 6 atom stereocenters. The number of hydrogen-bond donors (Lipinski definition) is 8. The highest BCUT2D eigenvalue weighted by molar-refractivity contribution is 6.30. The van der Waals surface area contributed by atoms with E-state index in [-0.39, 0.29) is 55.1 Å². The van der Waals surface area contributed by atoms with Crippen molar-refractivity contribution in [2.45, 2.75) is 116 Å². The first-order chi connectivity index (χ1) is 32.9. The molecule has 0 bridgehead atoms.